The highest BCUT2D eigenvalue weighted by atomic mass is 16.1. The quantitative estimate of drug-likeness (QED) is 0.873. The summed E-state index contributed by atoms with van der Waals surface area (Å²) in [6.07, 6.45) is 6.66. The van der Waals surface area contributed by atoms with Crippen molar-refractivity contribution in [3.05, 3.63) is 23.0 Å². The number of aromatic amines is 1. The SMILES string of the molecule is CN1CCC(N2CC[C@@H](n3c(=O)[nH]c4cncnc43)C2)CC1. The summed E-state index contributed by atoms with van der Waals surface area (Å²) in [5, 5.41) is 0. The summed E-state index contributed by atoms with van der Waals surface area (Å²) in [6, 6.07) is 0.882. The van der Waals surface area contributed by atoms with Gasteiger partial charge >= 0.3 is 5.69 Å². The van der Waals surface area contributed by atoms with Crippen LogP contribution >= 0.6 is 0 Å². The maximum absolute atomic E-state index is 12.3. The summed E-state index contributed by atoms with van der Waals surface area (Å²) in [5.41, 5.74) is 1.39. The molecule has 1 atom stereocenters. The molecule has 0 saturated carbocycles. The van der Waals surface area contributed by atoms with Gasteiger partial charge in [0.15, 0.2) is 5.65 Å². The Morgan fingerprint density at radius 2 is 1.95 bits per heavy atom. The van der Waals surface area contributed by atoms with Crippen LogP contribution in [0.1, 0.15) is 25.3 Å². The van der Waals surface area contributed by atoms with Crippen molar-refractivity contribution in [2.24, 2.45) is 0 Å². The molecule has 0 aromatic carbocycles. The molecule has 1 N–H and O–H groups in total. The fraction of sp³-hybridized carbons (Fsp3) is 0.667. The molecule has 0 bridgehead atoms. The Morgan fingerprint density at radius 3 is 2.77 bits per heavy atom. The van der Waals surface area contributed by atoms with Gasteiger partial charge in [-0.2, -0.15) is 0 Å². The van der Waals surface area contributed by atoms with Gasteiger partial charge in [0.05, 0.1) is 12.2 Å². The van der Waals surface area contributed by atoms with Gasteiger partial charge in [-0.05, 0) is 39.4 Å². The van der Waals surface area contributed by atoms with E-state index < -0.39 is 0 Å². The molecule has 0 amide bonds. The van der Waals surface area contributed by atoms with Crippen molar-refractivity contribution >= 4 is 11.2 Å². The first-order chi connectivity index (χ1) is 10.7. The Hall–Kier alpha value is -1.73. The molecule has 0 radical (unpaired) electrons. The molecule has 22 heavy (non-hydrogen) atoms. The minimum Gasteiger partial charge on any atom is -0.306 e. The second-order valence-corrected chi connectivity index (χ2v) is 6.53. The van der Waals surface area contributed by atoms with Gasteiger partial charge in [-0.1, -0.05) is 0 Å². The van der Waals surface area contributed by atoms with Crippen molar-refractivity contribution in [1.82, 2.24) is 29.3 Å². The lowest BCUT2D eigenvalue weighted by Gasteiger charge is -2.35. The highest BCUT2D eigenvalue weighted by molar-refractivity contribution is 5.69. The maximum atomic E-state index is 12.3. The monoisotopic (exact) mass is 302 g/mol. The predicted octanol–water partition coefficient (Wildman–Crippen LogP) is 0.461. The lowest BCUT2D eigenvalue weighted by atomic mass is 10.0. The number of fused-ring (bicyclic) bond motifs is 1. The van der Waals surface area contributed by atoms with Crippen molar-refractivity contribution in [2.75, 3.05) is 33.2 Å². The van der Waals surface area contributed by atoms with Crippen molar-refractivity contribution in [3.8, 4) is 0 Å². The lowest BCUT2D eigenvalue weighted by Crippen LogP contribution is -2.42. The summed E-state index contributed by atoms with van der Waals surface area (Å²) in [7, 11) is 2.19. The minimum atomic E-state index is -0.0641. The highest BCUT2D eigenvalue weighted by Gasteiger charge is 2.32. The van der Waals surface area contributed by atoms with Crippen LogP contribution in [0.25, 0.3) is 11.2 Å². The van der Waals surface area contributed by atoms with Crippen LogP contribution in [0.2, 0.25) is 0 Å². The van der Waals surface area contributed by atoms with E-state index in [1.807, 2.05) is 4.57 Å². The molecule has 4 rings (SSSR count). The Balaban J connectivity index is 1.55. The topological polar surface area (TPSA) is 70.0 Å². The standard InChI is InChI=1S/C15H22N6O/c1-19-5-2-11(3-6-19)20-7-4-12(9-20)21-14-13(18-15(21)22)8-16-10-17-14/h8,10-12H,2-7,9H2,1H3,(H,18,22)/t12-/m1/s1. The zero-order chi connectivity index (χ0) is 15.1. The summed E-state index contributed by atoms with van der Waals surface area (Å²) in [6.45, 7) is 4.37. The van der Waals surface area contributed by atoms with Crippen LogP contribution in [-0.4, -0.2) is 68.6 Å². The van der Waals surface area contributed by atoms with E-state index in [0.717, 1.165) is 30.7 Å². The van der Waals surface area contributed by atoms with Crippen LogP contribution in [0.4, 0.5) is 0 Å². The number of nitrogens with one attached hydrogen (secondary N) is 1. The van der Waals surface area contributed by atoms with E-state index in [9.17, 15) is 4.79 Å². The summed E-state index contributed by atoms with van der Waals surface area (Å²) in [4.78, 5) is 28.4. The zero-order valence-electron chi connectivity index (χ0n) is 12.9. The molecule has 0 aliphatic carbocycles. The van der Waals surface area contributed by atoms with E-state index in [1.165, 1.54) is 32.3 Å². The van der Waals surface area contributed by atoms with E-state index in [1.54, 1.807) is 6.20 Å². The van der Waals surface area contributed by atoms with Gasteiger partial charge in [0.2, 0.25) is 0 Å². The number of imidazole rings is 1. The molecule has 2 fully saturated rings. The molecule has 118 valence electrons. The number of H-pyrrole nitrogens is 1. The van der Waals surface area contributed by atoms with E-state index >= 15 is 0 Å². The first kappa shape index (κ1) is 13.9. The van der Waals surface area contributed by atoms with Gasteiger partial charge in [0.25, 0.3) is 0 Å². The van der Waals surface area contributed by atoms with E-state index in [4.69, 9.17) is 0 Å². The van der Waals surface area contributed by atoms with E-state index in [0.29, 0.717) is 6.04 Å². The number of rotatable bonds is 2. The molecular formula is C15H22N6O. The summed E-state index contributed by atoms with van der Waals surface area (Å²) < 4.78 is 1.83. The lowest BCUT2D eigenvalue weighted by molar-refractivity contribution is 0.140. The number of likely N-dealkylation sites (tertiary alicyclic amines) is 2. The molecule has 2 saturated heterocycles. The number of aromatic nitrogens is 4. The van der Waals surface area contributed by atoms with Gasteiger partial charge < -0.3 is 9.88 Å². The highest BCUT2D eigenvalue weighted by Crippen LogP contribution is 2.27. The van der Waals surface area contributed by atoms with Crippen LogP contribution in [-0.2, 0) is 0 Å². The van der Waals surface area contributed by atoms with E-state index in [2.05, 4.69) is 31.8 Å². The number of nitrogens with zero attached hydrogens (tertiary/aromatic N) is 5. The second kappa shape index (κ2) is 5.48. The minimum absolute atomic E-state index is 0.0641. The number of hydrogen-bond donors (Lipinski definition) is 1. The van der Waals surface area contributed by atoms with Crippen molar-refractivity contribution < 1.29 is 0 Å². The van der Waals surface area contributed by atoms with Crippen LogP contribution in [0, 0.1) is 0 Å². The number of hydrogen-bond acceptors (Lipinski definition) is 5. The average Bonchev–Trinajstić information content (AvgIpc) is 3.11. The molecule has 2 aromatic heterocycles. The smallest absolute Gasteiger partial charge is 0.306 e. The molecule has 7 heteroatoms. The Labute approximate surface area is 129 Å². The van der Waals surface area contributed by atoms with Gasteiger partial charge in [-0.3, -0.25) is 9.47 Å². The summed E-state index contributed by atoms with van der Waals surface area (Å²) in [5.74, 6) is 0. The van der Waals surface area contributed by atoms with Gasteiger partial charge in [-0.25, -0.2) is 14.8 Å². The molecule has 2 aliphatic rings. The molecule has 2 aliphatic heterocycles. The fourth-order valence-corrected chi connectivity index (χ4v) is 3.88. The molecule has 7 nitrogen and oxygen atoms in total. The maximum Gasteiger partial charge on any atom is 0.328 e. The fourth-order valence-electron chi connectivity index (χ4n) is 3.88. The number of piperidine rings is 1. The van der Waals surface area contributed by atoms with Crippen molar-refractivity contribution in [2.45, 2.75) is 31.3 Å². The Bertz CT molecular complexity index is 714. The molecule has 0 unspecified atom stereocenters. The van der Waals surface area contributed by atoms with E-state index in [-0.39, 0.29) is 11.7 Å². The van der Waals surface area contributed by atoms with Crippen LogP contribution in [0.5, 0.6) is 0 Å². The van der Waals surface area contributed by atoms with Gasteiger partial charge in [0.1, 0.15) is 11.8 Å². The third-order valence-corrected chi connectivity index (χ3v) is 5.14. The van der Waals surface area contributed by atoms with Crippen LogP contribution < -0.4 is 5.69 Å². The molecular weight excluding hydrogens is 280 g/mol. The Morgan fingerprint density at radius 1 is 1.18 bits per heavy atom. The first-order valence-electron chi connectivity index (χ1n) is 8.05. The third-order valence-electron chi connectivity index (χ3n) is 5.14. The van der Waals surface area contributed by atoms with Crippen LogP contribution in [0.3, 0.4) is 0 Å². The van der Waals surface area contributed by atoms with Crippen LogP contribution in [0.15, 0.2) is 17.3 Å². The van der Waals surface area contributed by atoms with Gasteiger partial charge in [-0.15, -0.1) is 0 Å². The van der Waals surface area contributed by atoms with Gasteiger partial charge in [0, 0.05) is 19.1 Å². The Kier molecular flexibility index (Phi) is 3.46. The van der Waals surface area contributed by atoms with Crippen molar-refractivity contribution in [1.29, 1.82) is 0 Å². The van der Waals surface area contributed by atoms with Crippen molar-refractivity contribution in [3.63, 3.8) is 0 Å². The molecule has 4 heterocycles. The summed E-state index contributed by atoms with van der Waals surface area (Å²) >= 11 is 0. The second-order valence-electron chi connectivity index (χ2n) is 6.53. The molecule has 0 spiro atoms. The largest absolute Gasteiger partial charge is 0.328 e. The average molecular weight is 302 g/mol. The zero-order valence-corrected chi connectivity index (χ0v) is 12.9. The predicted molar refractivity (Wildman–Crippen MR) is 83.9 cm³/mol. The normalized spacial score (nSPS) is 25.2. The first-order valence-corrected chi connectivity index (χ1v) is 8.05. The molecule has 2 aromatic rings. The third kappa shape index (κ3) is 2.34.